The fraction of sp³-hybridized carbons (Fsp3) is 0.381. The Balaban J connectivity index is 1.99. The van der Waals surface area contributed by atoms with Gasteiger partial charge in [0.05, 0.1) is 6.54 Å². The van der Waals surface area contributed by atoms with E-state index in [2.05, 4.69) is 56.4 Å². The summed E-state index contributed by atoms with van der Waals surface area (Å²) in [6.07, 6.45) is 0. The molecule has 0 unspecified atom stereocenters. The van der Waals surface area contributed by atoms with E-state index >= 15 is 0 Å². The maximum atomic E-state index is 12.4. The lowest BCUT2D eigenvalue weighted by Crippen LogP contribution is -2.30. The second kappa shape index (κ2) is 8.11. The first-order valence-corrected chi connectivity index (χ1v) is 8.50. The van der Waals surface area contributed by atoms with E-state index in [0.717, 1.165) is 17.8 Å². The largest absolute Gasteiger partial charge is 0.324 e. The maximum absolute atomic E-state index is 12.4. The Bertz CT molecular complexity index is 689. The fourth-order valence-corrected chi connectivity index (χ4v) is 2.83. The van der Waals surface area contributed by atoms with E-state index in [1.807, 2.05) is 31.0 Å². The second-order valence-corrected chi connectivity index (χ2v) is 6.90. The molecule has 0 aliphatic carbocycles. The molecule has 3 nitrogen and oxygen atoms in total. The predicted octanol–water partition coefficient (Wildman–Crippen LogP) is 4.50. The molecule has 0 saturated heterocycles. The Hall–Kier alpha value is -2.13. The van der Waals surface area contributed by atoms with Crippen LogP contribution < -0.4 is 5.32 Å². The molecule has 24 heavy (non-hydrogen) atoms. The SMILES string of the molecule is Cc1ccc(CN(C)CC(=O)Nc2c(C)cccc2C(C)C)cc1. The number of carbonyl (C=O) groups is 1. The minimum atomic E-state index is 0.0285. The van der Waals surface area contributed by atoms with Crippen LogP contribution in [-0.4, -0.2) is 24.4 Å². The molecule has 3 heteroatoms. The lowest BCUT2D eigenvalue weighted by molar-refractivity contribution is -0.117. The Kier molecular flexibility index (Phi) is 6.16. The molecule has 0 atom stereocenters. The van der Waals surface area contributed by atoms with E-state index in [1.165, 1.54) is 16.7 Å². The van der Waals surface area contributed by atoms with Crippen LogP contribution in [0.2, 0.25) is 0 Å². The monoisotopic (exact) mass is 324 g/mol. The van der Waals surface area contributed by atoms with Crippen molar-refractivity contribution in [3.8, 4) is 0 Å². The zero-order valence-electron chi connectivity index (χ0n) is 15.4. The van der Waals surface area contributed by atoms with E-state index in [-0.39, 0.29) is 5.91 Å². The number of nitrogens with one attached hydrogen (secondary N) is 1. The molecule has 0 aliphatic rings. The third kappa shape index (κ3) is 4.93. The number of aryl methyl sites for hydroxylation is 2. The van der Waals surface area contributed by atoms with Crippen molar-refractivity contribution in [2.24, 2.45) is 0 Å². The van der Waals surface area contributed by atoms with Crippen molar-refractivity contribution in [1.82, 2.24) is 4.90 Å². The fourth-order valence-electron chi connectivity index (χ4n) is 2.83. The molecule has 0 fully saturated rings. The van der Waals surface area contributed by atoms with Crippen molar-refractivity contribution in [2.45, 2.75) is 40.2 Å². The summed E-state index contributed by atoms with van der Waals surface area (Å²) >= 11 is 0. The van der Waals surface area contributed by atoms with Crippen molar-refractivity contribution in [2.75, 3.05) is 18.9 Å². The Labute approximate surface area is 145 Å². The van der Waals surface area contributed by atoms with E-state index in [4.69, 9.17) is 0 Å². The third-order valence-electron chi connectivity index (χ3n) is 4.18. The lowest BCUT2D eigenvalue weighted by Gasteiger charge is -2.19. The van der Waals surface area contributed by atoms with Gasteiger partial charge in [0, 0.05) is 12.2 Å². The van der Waals surface area contributed by atoms with Gasteiger partial charge in [-0.15, -0.1) is 0 Å². The number of benzene rings is 2. The number of para-hydroxylation sites is 1. The first-order chi connectivity index (χ1) is 11.4. The molecule has 0 radical (unpaired) electrons. The van der Waals surface area contributed by atoms with Crippen molar-refractivity contribution in [1.29, 1.82) is 0 Å². The minimum Gasteiger partial charge on any atom is -0.324 e. The molecule has 0 heterocycles. The number of rotatable bonds is 6. The summed E-state index contributed by atoms with van der Waals surface area (Å²) in [5.41, 5.74) is 5.72. The highest BCUT2D eigenvalue weighted by Crippen LogP contribution is 2.27. The molecule has 128 valence electrons. The van der Waals surface area contributed by atoms with Crippen molar-refractivity contribution < 1.29 is 4.79 Å². The molecule has 0 aromatic heterocycles. The number of anilines is 1. The molecule has 2 rings (SSSR count). The number of nitrogens with zero attached hydrogens (tertiary/aromatic N) is 1. The normalized spacial score (nSPS) is 11.1. The predicted molar refractivity (Wildman–Crippen MR) is 101 cm³/mol. The minimum absolute atomic E-state index is 0.0285. The molecular formula is C21H28N2O. The average molecular weight is 324 g/mol. The summed E-state index contributed by atoms with van der Waals surface area (Å²) in [7, 11) is 1.97. The number of likely N-dealkylation sites (N-methyl/N-ethyl adjacent to an activating group) is 1. The molecular weight excluding hydrogens is 296 g/mol. The molecule has 2 aromatic carbocycles. The maximum Gasteiger partial charge on any atom is 0.238 e. The van der Waals surface area contributed by atoms with E-state index < -0.39 is 0 Å². The van der Waals surface area contributed by atoms with Gasteiger partial charge in [0.15, 0.2) is 0 Å². The van der Waals surface area contributed by atoms with Gasteiger partial charge in [0.2, 0.25) is 5.91 Å². The van der Waals surface area contributed by atoms with Crippen molar-refractivity contribution in [3.63, 3.8) is 0 Å². The van der Waals surface area contributed by atoms with Crippen molar-refractivity contribution in [3.05, 3.63) is 64.7 Å². The first kappa shape index (κ1) is 18.2. The van der Waals surface area contributed by atoms with Gasteiger partial charge in [-0.3, -0.25) is 9.69 Å². The van der Waals surface area contributed by atoms with Gasteiger partial charge in [0.25, 0.3) is 0 Å². The van der Waals surface area contributed by atoms with Gasteiger partial charge in [0.1, 0.15) is 0 Å². The van der Waals surface area contributed by atoms with Crippen LogP contribution in [0.15, 0.2) is 42.5 Å². The van der Waals surface area contributed by atoms with Gasteiger partial charge in [-0.2, -0.15) is 0 Å². The molecule has 0 saturated carbocycles. The second-order valence-electron chi connectivity index (χ2n) is 6.90. The van der Waals surface area contributed by atoms with Crippen LogP contribution in [-0.2, 0) is 11.3 Å². The van der Waals surface area contributed by atoms with Crippen LogP contribution in [0, 0.1) is 13.8 Å². The summed E-state index contributed by atoms with van der Waals surface area (Å²) in [5, 5.41) is 3.11. The summed E-state index contributed by atoms with van der Waals surface area (Å²) in [5.74, 6) is 0.409. The quantitative estimate of drug-likeness (QED) is 0.848. The summed E-state index contributed by atoms with van der Waals surface area (Å²) in [6.45, 7) is 9.55. The molecule has 1 N–H and O–H groups in total. The molecule has 1 amide bonds. The standard InChI is InChI=1S/C21H28N2O/c1-15(2)19-8-6-7-17(4)21(19)22-20(24)14-23(5)13-18-11-9-16(3)10-12-18/h6-12,15H,13-14H2,1-5H3,(H,22,24). The van der Waals surface area contributed by atoms with Crippen LogP contribution in [0.3, 0.4) is 0 Å². The third-order valence-corrected chi connectivity index (χ3v) is 4.18. The van der Waals surface area contributed by atoms with Gasteiger partial charge in [-0.25, -0.2) is 0 Å². The Morgan fingerprint density at radius 3 is 2.38 bits per heavy atom. The van der Waals surface area contributed by atoms with Gasteiger partial charge in [-0.1, -0.05) is 61.9 Å². The zero-order chi connectivity index (χ0) is 17.7. The first-order valence-electron chi connectivity index (χ1n) is 8.50. The van der Waals surface area contributed by atoms with Crippen LogP contribution in [0.4, 0.5) is 5.69 Å². The lowest BCUT2D eigenvalue weighted by atomic mass is 9.98. The molecule has 0 bridgehead atoms. The number of hydrogen-bond donors (Lipinski definition) is 1. The van der Waals surface area contributed by atoms with Gasteiger partial charge in [-0.05, 0) is 43.5 Å². The number of hydrogen-bond acceptors (Lipinski definition) is 2. The average Bonchev–Trinajstić information content (AvgIpc) is 2.51. The highest BCUT2D eigenvalue weighted by molar-refractivity contribution is 5.93. The van der Waals surface area contributed by atoms with Gasteiger partial charge < -0.3 is 5.32 Å². The summed E-state index contributed by atoms with van der Waals surface area (Å²) in [4.78, 5) is 14.5. The van der Waals surface area contributed by atoms with Crippen LogP contribution in [0.5, 0.6) is 0 Å². The highest BCUT2D eigenvalue weighted by Gasteiger charge is 2.13. The topological polar surface area (TPSA) is 32.3 Å². The number of carbonyl (C=O) groups excluding carboxylic acids is 1. The Morgan fingerprint density at radius 2 is 1.75 bits per heavy atom. The highest BCUT2D eigenvalue weighted by atomic mass is 16.2. The molecule has 2 aromatic rings. The smallest absolute Gasteiger partial charge is 0.238 e. The van der Waals surface area contributed by atoms with Crippen LogP contribution >= 0.6 is 0 Å². The summed E-state index contributed by atoms with van der Waals surface area (Å²) < 4.78 is 0. The van der Waals surface area contributed by atoms with Crippen LogP contribution in [0.25, 0.3) is 0 Å². The van der Waals surface area contributed by atoms with Crippen molar-refractivity contribution >= 4 is 11.6 Å². The van der Waals surface area contributed by atoms with E-state index in [9.17, 15) is 4.79 Å². The van der Waals surface area contributed by atoms with Crippen LogP contribution in [0.1, 0.15) is 42.0 Å². The molecule has 0 aliphatic heterocycles. The zero-order valence-corrected chi connectivity index (χ0v) is 15.4. The Morgan fingerprint density at radius 1 is 1.08 bits per heavy atom. The number of amides is 1. The van der Waals surface area contributed by atoms with E-state index in [1.54, 1.807) is 0 Å². The summed E-state index contributed by atoms with van der Waals surface area (Å²) in [6, 6.07) is 14.6. The van der Waals surface area contributed by atoms with E-state index in [0.29, 0.717) is 12.5 Å². The van der Waals surface area contributed by atoms with Gasteiger partial charge >= 0.3 is 0 Å². The molecule has 0 spiro atoms.